The lowest BCUT2D eigenvalue weighted by Gasteiger charge is -2.23. The molecule has 5 nitrogen and oxygen atoms in total. The molecule has 1 aliphatic heterocycles. The van der Waals surface area contributed by atoms with Crippen LogP contribution in [0.3, 0.4) is 0 Å². The van der Waals surface area contributed by atoms with Crippen LogP contribution in [0, 0.1) is 0 Å². The number of likely N-dealkylation sites (tertiary alicyclic amines) is 1. The van der Waals surface area contributed by atoms with Crippen molar-refractivity contribution in [1.29, 1.82) is 0 Å². The number of nitrogens with zero attached hydrogens (tertiary/aromatic N) is 3. The molecular formula is C17H20ClN3O2. The van der Waals surface area contributed by atoms with Crippen molar-refractivity contribution in [3.05, 3.63) is 52.8 Å². The maximum Gasteiger partial charge on any atom is 0.227 e. The van der Waals surface area contributed by atoms with Gasteiger partial charge in [-0.3, -0.25) is 9.48 Å². The minimum Gasteiger partial charge on any atom is -0.388 e. The van der Waals surface area contributed by atoms with Gasteiger partial charge in [0.05, 0.1) is 18.2 Å². The van der Waals surface area contributed by atoms with Gasteiger partial charge in [0.25, 0.3) is 0 Å². The first-order chi connectivity index (χ1) is 10.9. The summed E-state index contributed by atoms with van der Waals surface area (Å²) in [5.74, 6) is 0.0278. The highest BCUT2D eigenvalue weighted by atomic mass is 35.5. The Hall–Kier alpha value is -1.85. The average Bonchev–Trinajstić information content (AvgIpc) is 3.05. The SMILES string of the molecule is Cn1cc(CC(=O)N2CCC(O)(Cc3cccc(Cl)c3)C2)cn1. The summed E-state index contributed by atoms with van der Waals surface area (Å²) in [4.78, 5) is 14.1. The molecule has 1 aromatic heterocycles. The standard InChI is InChI=1S/C17H20ClN3O2/c1-20-11-14(10-19-20)8-16(22)21-6-5-17(23,12-21)9-13-3-2-4-15(18)7-13/h2-4,7,10-11,23H,5-6,8-9,12H2,1H3. The molecule has 1 aliphatic rings. The summed E-state index contributed by atoms with van der Waals surface area (Å²) in [5, 5.41) is 15.5. The van der Waals surface area contributed by atoms with Gasteiger partial charge in [-0.05, 0) is 29.7 Å². The van der Waals surface area contributed by atoms with E-state index < -0.39 is 5.60 Å². The van der Waals surface area contributed by atoms with Crippen molar-refractivity contribution in [3.63, 3.8) is 0 Å². The monoisotopic (exact) mass is 333 g/mol. The summed E-state index contributed by atoms with van der Waals surface area (Å²) in [6.07, 6.45) is 4.95. The second-order valence-corrected chi connectivity index (χ2v) is 6.73. The zero-order valence-corrected chi connectivity index (χ0v) is 13.8. The Labute approximate surface area is 140 Å². The van der Waals surface area contributed by atoms with E-state index in [0.29, 0.717) is 37.4 Å². The molecule has 1 atom stereocenters. The first kappa shape index (κ1) is 16.0. The number of carbonyl (C=O) groups is 1. The zero-order valence-electron chi connectivity index (χ0n) is 13.1. The number of β-amino-alcohol motifs (C(OH)–C–C–N with tert-alkyl or cyclic N) is 1. The van der Waals surface area contributed by atoms with E-state index in [2.05, 4.69) is 5.10 Å². The van der Waals surface area contributed by atoms with Gasteiger partial charge in [0.15, 0.2) is 0 Å². The van der Waals surface area contributed by atoms with E-state index in [0.717, 1.165) is 11.1 Å². The van der Waals surface area contributed by atoms with Gasteiger partial charge in [-0.2, -0.15) is 5.10 Å². The van der Waals surface area contributed by atoms with Crippen LogP contribution in [0.5, 0.6) is 0 Å². The average molecular weight is 334 g/mol. The van der Waals surface area contributed by atoms with E-state index in [1.807, 2.05) is 37.5 Å². The molecule has 1 fully saturated rings. The van der Waals surface area contributed by atoms with Crippen molar-refractivity contribution < 1.29 is 9.90 Å². The van der Waals surface area contributed by atoms with E-state index >= 15 is 0 Å². The number of aromatic nitrogens is 2. The Morgan fingerprint density at radius 2 is 2.26 bits per heavy atom. The highest BCUT2D eigenvalue weighted by Crippen LogP contribution is 2.27. The molecule has 0 saturated carbocycles. The lowest BCUT2D eigenvalue weighted by Crippen LogP contribution is -2.38. The summed E-state index contributed by atoms with van der Waals surface area (Å²) in [7, 11) is 1.83. The summed E-state index contributed by atoms with van der Waals surface area (Å²) in [5.41, 5.74) is 0.999. The third-order valence-corrected chi connectivity index (χ3v) is 4.46. The first-order valence-corrected chi connectivity index (χ1v) is 8.03. The second kappa shape index (κ2) is 6.34. The van der Waals surface area contributed by atoms with Gasteiger partial charge in [-0.15, -0.1) is 0 Å². The van der Waals surface area contributed by atoms with Gasteiger partial charge >= 0.3 is 0 Å². The van der Waals surface area contributed by atoms with Crippen LogP contribution in [-0.2, 0) is 24.7 Å². The van der Waals surface area contributed by atoms with E-state index in [4.69, 9.17) is 11.6 Å². The third kappa shape index (κ3) is 3.92. The van der Waals surface area contributed by atoms with Gasteiger partial charge in [-0.25, -0.2) is 0 Å². The molecule has 0 aliphatic carbocycles. The summed E-state index contributed by atoms with van der Waals surface area (Å²) in [6, 6.07) is 7.50. The van der Waals surface area contributed by atoms with Crippen molar-refractivity contribution in [2.75, 3.05) is 13.1 Å². The third-order valence-electron chi connectivity index (χ3n) is 4.22. The maximum atomic E-state index is 12.4. The Morgan fingerprint density at radius 3 is 2.96 bits per heavy atom. The van der Waals surface area contributed by atoms with Crippen LogP contribution < -0.4 is 0 Å². The van der Waals surface area contributed by atoms with Gasteiger partial charge < -0.3 is 10.0 Å². The summed E-state index contributed by atoms with van der Waals surface area (Å²) < 4.78 is 1.68. The Kier molecular flexibility index (Phi) is 4.41. The number of benzene rings is 1. The Morgan fingerprint density at radius 1 is 1.43 bits per heavy atom. The number of hydrogen-bond acceptors (Lipinski definition) is 3. The maximum absolute atomic E-state index is 12.4. The minimum absolute atomic E-state index is 0.0278. The molecule has 0 bridgehead atoms. The molecule has 1 amide bonds. The molecule has 6 heteroatoms. The van der Waals surface area contributed by atoms with Crippen molar-refractivity contribution >= 4 is 17.5 Å². The Bertz CT molecular complexity index is 715. The molecular weight excluding hydrogens is 314 g/mol. The lowest BCUT2D eigenvalue weighted by atomic mass is 9.94. The van der Waals surface area contributed by atoms with Crippen LogP contribution in [0.15, 0.2) is 36.7 Å². The first-order valence-electron chi connectivity index (χ1n) is 7.66. The number of aryl methyl sites for hydroxylation is 1. The summed E-state index contributed by atoms with van der Waals surface area (Å²) >= 11 is 5.99. The number of halogens is 1. The molecule has 0 radical (unpaired) electrons. The van der Waals surface area contributed by atoms with E-state index in [1.54, 1.807) is 15.8 Å². The van der Waals surface area contributed by atoms with E-state index in [1.165, 1.54) is 0 Å². The highest BCUT2D eigenvalue weighted by molar-refractivity contribution is 6.30. The van der Waals surface area contributed by atoms with Crippen molar-refractivity contribution in [2.24, 2.45) is 7.05 Å². The van der Waals surface area contributed by atoms with Crippen molar-refractivity contribution in [1.82, 2.24) is 14.7 Å². The molecule has 1 N–H and O–H groups in total. The summed E-state index contributed by atoms with van der Waals surface area (Å²) in [6.45, 7) is 0.939. The van der Waals surface area contributed by atoms with Crippen LogP contribution >= 0.6 is 11.6 Å². The van der Waals surface area contributed by atoms with Crippen LogP contribution in [-0.4, -0.2) is 44.4 Å². The van der Waals surface area contributed by atoms with Gasteiger partial charge in [0.2, 0.25) is 5.91 Å². The van der Waals surface area contributed by atoms with E-state index in [9.17, 15) is 9.90 Å². The lowest BCUT2D eigenvalue weighted by molar-refractivity contribution is -0.130. The fraction of sp³-hybridized carbons (Fsp3) is 0.412. The zero-order chi connectivity index (χ0) is 16.4. The van der Waals surface area contributed by atoms with Crippen LogP contribution in [0.25, 0.3) is 0 Å². The molecule has 1 saturated heterocycles. The van der Waals surface area contributed by atoms with Crippen molar-refractivity contribution in [2.45, 2.75) is 24.9 Å². The molecule has 2 aromatic rings. The highest BCUT2D eigenvalue weighted by Gasteiger charge is 2.38. The molecule has 3 rings (SSSR count). The predicted octanol–water partition coefficient (Wildman–Crippen LogP) is 1.82. The fourth-order valence-electron chi connectivity index (χ4n) is 3.09. The molecule has 1 aromatic carbocycles. The number of aliphatic hydroxyl groups is 1. The van der Waals surface area contributed by atoms with Crippen molar-refractivity contribution in [3.8, 4) is 0 Å². The number of hydrogen-bond donors (Lipinski definition) is 1. The van der Waals surface area contributed by atoms with Crippen LogP contribution in [0.2, 0.25) is 5.02 Å². The number of carbonyl (C=O) groups excluding carboxylic acids is 1. The fourth-order valence-corrected chi connectivity index (χ4v) is 3.30. The predicted molar refractivity (Wildman–Crippen MR) is 88.2 cm³/mol. The quantitative estimate of drug-likeness (QED) is 0.928. The van der Waals surface area contributed by atoms with Crippen LogP contribution in [0.1, 0.15) is 17.5 Å². The van der Waals surface area contributed by atoms with Gasteiger partial charge in [-0.1, -0.05) is 23.7 Å². The van der Waals surface area contributed by atoms with Gasteiger partial charge in [0.1, 0.15) is 0 Å². The molecule has 1 unspecified atom stereocenters. The Balaban J connectivity index is 1.61. The topological polar surface area (TPSA) is 58.4 Å². The molecule has 122 valence electrons. The smallest absolute Gasteiger partial charge is 0.227 e. The molecule has 0 spiro atoms. The normalized spacial score (nSPS) is 20.9. The van der Waals surface area contributed by atoms with Gasteiger partial charge in [0, 0.05) is 37.8 Å². The van der Waals surface area contributed by atoms with E-state index in [-0.39, 0.29) is 5.91 Å². The van der Waals surface area contributed by atoms with Crippen LogP contribution in [0.4, 0.5) is 0 Å². The minimum atomic E-state index is -0.880. The number of amides is 1. The second-order valence-electron chi connectivity index (χ2n) is 6.30. The largest absolute Gasteiger partial charge is 0.388 e. The number of rotatable bonds is 4. The molecule has 2 heterocycles. The molecule has 23 heavy (non-hydrogen) atoms.